The van der Waals surface area contributed by atoms with Gasteiger partial charge < -0.3 is 20.7 Å². The minimum absolute atomic E-state index is 0.00722. The second-order valence-electron chi connectivity index (χ2n) is 10.6. The van der Waals surface area contributed by atoms with Crippen LogP contribution in [0.25, 0.3) is 0 Å². The lowest BCUT2D eigenvalue weighted by Crippen LogP contribution is -2.92. The van der Waals surface area contributed by atoms with Crippen LogP contribution in [0.1, 0.15) is 44.7 Å². The molecule has 0 radical (unpaired) electrons. The molecule has 2 saturated carbocycles. The maximum Gasteiger partial charge on any atom is 0.264 e. The molecule has 2 amide bonds. The Hall–Kier alpha value is -3.36. The molecule has 5 aliphatic rings. The van der Waals surface area contributed by atoms with E-state index in [0.29, 0.717) is 30.7 Å². The summed E-state index contributed by atoms with van der Waals surface area (Å²) in [5.41, 5.74) is 6.69. The SMILES string of the molecule is C=CCN1CC2[C@@H]1[C@]1(O)CC[C@@H](N3C(=O)c4cccc(N)c4C3=O)[C@@H]3Oc4c(O)ccc(C)c4[C@@]231. The number of imide groups is 1. The fraction of sp³-hybridized carbons (Fsp3) is 0.407. The molecule has 1 saturated heterocycles. The molecule has 7 rings (SSSR count). The summed E-state index contributed by atoms with van der Waals surface area (Å²) < 4.78 is 6.48. The predicted octanol–water partition coefficient (Wildman–Crippen LogP) is 1.97. The summed E-state index contributed by atoms with van der Waals surface area (Å²) in [5.74, 6) is -0.375. The Morgan fingerprint density at radius 2 is 2.06 bits per heavy atom. The number of nitrogens with zero attached hydrogens (tertiary/aromatic N) is 2. The Balaban J connectivity index is 1.38. The number of phenols is 1. The van der Waals surface area contributed by atoms with Crippen molar-refractivity contribution in [2.45, 2.75) is 49.0 Å². The molecular formula is C27H27N3O5. The highest BCUT2D eigenvalue weighted by Crippen LogP contribution is 2.73. The van der Waals surface area contributed by atoms with Gasteiger partial charge in [0.1, 0.15) is 6.10 Å². The zero-order chi connectivity index (χ0) is 24.4. The van der Waals surface area contributed by atoms with Crippen LogP contribution in [0.4, 0.5) is 5.69 Å². The summed E-state index contributed by atoms with van der Waals surface area (Å²) in [6, 6.07) is 7.71. The third-order valence-electron chi connectivity index (χ3n) is 9.29. The summed E-state index contributed by atoms with van der Waals surface area (Å²) in [5, 5.41) is 23.1. The van der Waals surface area contributed by atoms with Crippen LogP contribution in [0.15, 0.2) is 43.0 Å². The smallest absolute Gasteiger partial charge is 0.264 e. The summed E-state index contributed by atoms with van der Waals surface area (Å²) in [7, 11) is 0. The first-order valence-electron chi connectivity index (χ1n) is 12.1. The molecule has 8 heteroatoms. The highest BCUT2D eigenvalue weighted by Gasteiger charge is 2.85. The van der Waals surface area contributed by atoms with E-state index in [2.05, 4.69) is 11.5 Å². The molecule has 0 bridgehead atoms. The van der Waals surface area contributed by atoms with Crippen molar-refractivity contribution in [3.05, 3.63) is 65.2 Å². The molecule has 180 valence electrons. The van der Waals surface area contributed by atoms with E-state index < -0.39 is 29.1 Å². The number of aliphatic hydroxyl groups is 1. The van der Waals surface area contributed by atoms with Gasteiger partial charge in [-0.1, -0.05) is 18.2 Å². The lowest BCUT2D eigenvalue weighted by molar-refractivity contribution is -0.318. The van der Waals surface area contributed by atoms with Gasteiger partial charge in [-0.3, -0.25) is 19.4 Å². The number of nitrogen functional groups attached to an aromatic ring is 1. The number of carbonyl (C=O) groups excluding carboxylic acids is 2. The van der Waals surface area contributed by atoms with E-state index in [-0.39, 0.29) is 34.9 Å². The van der Waals surface area contributed by atoms with Crippen LogP contribution in [0, 0.1) is 12.8 Å². The number of likely N-dealkylation sites (tertiary alicyclic amines) is 1. The van der Waals surface area contributed by atoms with Gasteiger partial charge in [0.05, 0.1) is 28.2 Å². The molecule has 3 fully saturated rings. The Bertz CT molecular complexity index is 1360. The van der Waals surface area contributed by atoms with Crippen LogP contribution in [-0.2, 0) is 5.41 Å². The first-order chi connectivity index (χ1) is 16.8. The van der Waals surface area contributed by atoms with Crippen molar-refractivity contribution in [3.63, 3.8) is 0 Å². The van der Waals surface area contributed by atoms with Gasteiger partial charge in [-0.2, -0.15) is 0 Å². The molecule has 1 unspecified atom stereocenters. The van der Waals surface area contributed by atoms with Crippen molar-refractivity contribution < 1.29 is 24.5 Å². The maximum absolute atomic E-state index is 13.5. The quantitative estimate of drug-likeness (QED) is 0.355. The average molecular weight is 474 g/mol. The molecule has 2 aliphatic carbocycles. The first kappa shape index (κ1) is 21.0. The van der Waals surface area contributed by atoms with Crippen molar-refractivity contribution in [3.8, 4) is 11.5 Å². The largest absolute Gasteiger partial charge is 0.504 e. The molecular weight excluding hydrogens is 446 g/mol. The first-order valence-corrected chi connectivity index (χ1v) is 12.1. The van der Waals surface area contributed by atoms with Gasteiger partial charge in [0, 0.05) is 36.3 Å². The van der Waals surface area contributed by atoms with Crippen LogP contribution in [-0.4, -0.2) is 68.7 Å². The molecule has 6 atom stereocenters. The Morgan fingerprint density at radius 3 is 2.80 bits per heavy atom. The molecule has 1 spiro atoms. The molecule has 3 aliphatic heterocycles. The van der Waals surface area contributed by atoms with E-state index in [1.54, 1.807) is 24.3 Å². The predicted molar refractivity (Wildman–Crippen MR) is 127 cm³/mol. The minimum Gasteiger partial charge on any atom is -0.504 e. The highest BCUT2D eigenvalue weighted by atomic mass is 16.5. The number of aromatic hydroxyl groups is 1. The lowest BCUT2D eigenvalue weighted by Gasteiger charge is -2.77. The number of rotatable bonds is 3. The number of benzene rings is 2. The third kappa shape index (κ3) is 2.09. The van der Waals surface area contributed by atoms with E-state index in [9.17, 15) is 19.8 Å². The number of aryl methyl sites for hydroxylation is 1. The number of fused-ring (bicyclic) bond motifs is 4. The Morgan fingerprint density at radius 1 is 1.26 bits per heavy atom. The number of nitrogens with two attached hydrogens (primary N) is 1. The van der Waals surface area contributed by atoms with Crippen molar-refractivity contribution >= 4 is 17.5 Å². The molecule has 2 aromatic carbocycles. The van der Waals surface area contributed by atoms with Crippen molar-refractivity contribution in [2.75, 3.05) is 18.8 Å². The number of phenolic OH excluding ortho intramolecular Hbond substituents is 1. The normalized spacial score (nSPS) is 36.2. The lowest BCUT2D eigenvalue weighted by atomic mass is 9.35. The van der Waals surface area contributed by atoms with Gasteiger partial charge in [0.2, 0.25) is 0 Å². The van der Waals surface area contributed by atoms with E-state index in [1.807, 2.05) is 19.1 Å². The van der Waals surface area contributed by atoms with Gasteiger partial charge >= 0.3 is 0 Å². The molecule has 35 heavy (non-hydrogen) atoms. The van der Waals surface area contributed by atoms with Gasteiger partial charge in [0.15, 0.2) is 11.5 Å². The Labute approximate surface area is 202 Å². The van der Waals surface area contributed by atoms with Crippen LogP contribution in [0.5, 0.6) is 11.5 Å². The summed E-state index contributed by atoms with van der Waals surface area (Å²) >= 11 is 0. The number of ether oxygens (including phenoxy) is 1. The Kier molecular flexibility index (Phi) is 3.86. The van der Waals surface area contributed by atoms with Crippen LogP contribution in [0.2, 0.25) is 0 Å². The topological polar surface area (TPSA) is 116 Å². The van der Waals surface area contributed by atoms with E-state index in [4.69, 9.17) is 10.5 Å². The minimum atomic E-state index is -1.11. The number of carbonyl (C=O) groups is 2. The fourth-order valence-corrected chi connectivity index (χ4v) is 8.11. The number of hydrogen-bond acceptors (Lipinski definition) is 7. The van der Waals surface area contributed by atoms with Crippen LogP contribution < -0.4 is 10.5 Å². The van der Waals surface area contributed by atoms with Gasteiger partial charge in [0.25, 0.3) is 11.8 Å². The van der Waals surface area contributed by atoms with Gasteiger partial charge in [-0.05, 0) is 43.5 Å². The van der Waals surface area contributed by atoms with Crippen molar-refractivity contribution in [2.24, 2.45) is 5.92 Å². The molecule has 8 nitrogen and oxygen atoms in total. The second-order valence-corrected chi connectivity index (χ2v) is 10.6. The van der Waals surface area contributed by atoms with E-state index in [0.717, 1.165) is 17.7 Å². The molecule has 2 aromatic rings. The number of amides is 2. The van der Waals surface area contributed by atoms with Crippen molar-refractivity contribution in [1.29, 1.82) is 0 Å². The zero-order valence-electron chi connectivity index (χ0n) is 19.4. The number of piperidine rings is 1. The molecule has 3 heterocycles. The van der Waals surface area contributed by atoms with Gasteiger partial charge in [-0.25, -0.2) is 0 Å². The van der Waals surface area contributed by atoms with Crippen molar-refractivity contribution in [1.82, 2.24) is 9.80 Å². The summed E-state index contributed by atoms with van der Waals surface area (Å²) in [6.07, 6.45) is 1.98. The maximum atomic E-state index is 13.5. The van der Waals surface area contributed by atoms with E-state index >= 15 is 0 Å². The van der Waals surface area contributed by atoms with Crippen LogP contribution >= 0.6 is 0 Å². The van der Waals surface area contributed by atoms with Crippen LogP contribution in [0.3, 0.4) is 0 Å². The highest BCUT2D eigenvalue weighted by molar-refractivity contribution is 6.23. The average Bonchev–Trinajstić information content (AvgIpc) is 3.31. The number of anilines is 1. The third-order valence-corrected chi connectivity index (χ3v) is 9.29. The van der Waals surface area contributed by atoms with E-state index in [1.165, 1.54) is 4.90 Å². The summed E-state index contributed by atoms with van der Waals surface area (Å²) in [6.45, 7) is 7.24. The second kappa shape index (κ2) is 6.44. The molecule has 0 aromatic heterocycles. The fourth-order valence-electron chi connectivity index (χ4n) is 8.11. The van der Waals surface area contributed by atoms with Gasteiger partial charge in [-0.15, -0.1) is 6.58 Å². The molecule has 4 N–H and O–H groups in total. The standard InChI is InChI=1S/C27H27N3O5/c1-3-11-29-12-15-22(29)26(34)10-9-17(30-24(32)14-5-4-6-16(28)19(14)25(30)33)23-27(15,26)20-13(2)7-8-18(31)21(20)35-23/h3-8,15,17,22-23,31,34H,1,9-12,28H2,2H3/t15?,17-,22-,23+,26-,27+/m1/s1. The summed E-state index contributed by atoms with van der Waals surface area (Å²) in [4.78, 5) is 30.6. The monoisotopic (exact) mass is 473 g/mol. The number of hydrogen-bond donors (Lipinski definition) is 3. The zero-order valence-corrected chi connectivity index (χ0v) is 19.4.